The summed E-state index contributed by atoms with van der Waals surface area (Å²) >= 11 is 0. The van der Waals surface area contributed by atoms with E-state index >= 15 is 0 Å². The molecule has 0 radical (unpaired) electrons. The Bertz CT molecular complexity index is 1280. The van der Waals surface area contributed by atoms with Crippen LogP contribution in [0.4, 0.5) is 5.82 Å². The summed E-state index contributed by atoms with van der Waals surface area (Å²) in [5, 5.41) is 12.5. The highest BCUT2D eigenvalue weighted by molar-refractivity contribution is 7.86. The Balaban J connectivity index is 1.46. The van der Waals surface area contributed by atoms with E-state index in [1.807, 2.05) is 29.1 Å². The molecule has 0 amide bonds. The molecule has 0 saturated heterocycles. The maximum absolute atomic E-state index is 12.9. The summed E-state index contributed by atoms with van der Waals surface area (Å²) in [4.78, 5) is 0.512. The summed E-state index contributed by atoms with van der Waals surface area (Å²) in [7, 11) is 1.53. The van der Waals surface area contributed by atoms with Crippen molar-refractivity contribution < 1.29 is 18.2 Å². The van der Waals surface area contributed by atoms with Crippen LogP contribution < -0.4 is 19.5 Å². The molecule has 2 N–H and O–H groups in total. The summed E-state index contributed by atoms with van der Waals surface area (Å²) in [6, 6.07) is 10.9. The third-order valence-electron chi connectivity index (χ3n) is 5.25. The Morgan fingerprint density at radius 2 is 2.03 bits per heavy atom. The highest BCUT2D eigenvalue weighted by Gasteiger charge is 2.20. The number of ether oxygens (including phenoxy) is 2. The molecule has 9 nitrogen and oxygen atoms in total. The fourth-order valence-corrected chi connectivity index (χ4v) is 4.71. The molecule has 2 aromatic heterocycles. The van der Waals surface area contributed by atoms with Gasteiger partial charge in [0.15, 0.2) is 22.4 Å². The first-order valence-corrected chi connectivity index (χ1v) is 10.8. The number of anilines is 1. The Morgan fingerprint density at radius 3 is 2.87 bits per heavy atom. The number of rotatable bonds is 7. The first-order valence-electron chi connectivity index (χ1n) is 9.70. The van der Waals surface area contributed by atoms with E-state index < -0.39 is 11.0 Å². The third kappa shape index (κ3) is 3.53. The molecule has 3 heterocycles. The number of nitrogens with zero attached hydrogens (tertiary/aromatic N) is 3. The summed E-state index contributed by atoms with van der Waals surface area (Å²) in [6.07, 6.45) is 1.90. The van der Waals surface area contributed by atoms with E-state index in [9.17, 15) is 4.21 Å². The lowest BCUT2D eigenvalue weighted by atomic mass is 10.1. The molecule has 0 aliphatic carbocycles. The molecular weight excluding hydrogens is 418 g/mol. The van der Waals surface area contributed by atoms with Gasteiger partial charge in [-0.15, -0.1) is 0 Å². The molecule has 1 atom stereocenters. The van der Waals surface area contributed by atoms with Gasteiger partial charge in [0.05, 0.1) is 32.7 Å². The Kier molecular flexibility index (Phi) is 5.08. The standard InChI is InChI=1S/C21H21N5O4S/c1-28-16-5-3-4-6-19(16)31(27)25-21-20-17(29-2)7-13(8-18(20)30-24-21)12-26-15-11-22-9-14(15)10-23-26/h3-8,10,22H,9,11-12H2,1-2H3,(H,24,25). The normalized spacial score (nSPS) is 13.9. The molecule has 0 fully saturated rings. The van der Waals surface area contributed by atoms with Gasteiger partial charge in [-0.2, -0.15) is 5.10 Å². The Morgan fingerprint density at radius 1 is 1.19 bits per heavy atom. The van der Waals surface area contributed by atoms with Gasteiger partial charge in [-0.1, -0.05) is 17.3 Å². The zero-order chi connectivity index (χ0) is 21.4. The first kappa shape index (κ1) is 19.6. The molecule has 1 aliphatic rings. The van der Waals surface area contributed by atoms with Crippen molar-refractivity contribution in [3.63, 3.8) is 0 Å². The number of fused-ring (bicyclic) bond motifs is 2. The van der Waals surface area contributed by atoms with Crippen LogP contribution >= 0.6 is 0 Å². The highest BCUT2D eigenvalue weighted by Crippen LogP contribution is 2.35. The number of benzene rings is 2. The zero-order valence-electron chi connectivity index (χ0n) is 17.0. The topological polar surface area (TPSA) is 103 Å². The number of aromatic nitrogens is 3. The van der Waals surface area contributed by atoms with Crippen molar-refractivity contribution in [3.8, 4) is 11.5 Å². The zero-order valence-corrected chi connectivity index (χ0v) is 17.9. The van der Waals surface area contributed by atoms with E-state index in [1.165, 1.54) is 18.4 Å². The van der Waals surface area contributed by atoms with Gasteiger partial charge in [0.2, 0.25) is 0 Å². The van der Waals surface area contributed by atoms with Gasteiger partial charge in [0.25, 0.3) is 0 Å². The fourth-order valence-electron chi connectivity index (χ4n) is 3.75. The number of hydrogen-bond donors (Lipinski definition) is 2. The van der Waals surface area contributed by atoms with Crippen molar-refractivity contribution in [3.05, 3.63) is 59.4 Å². The SMILES string of the molecule is COc1ccccc1S(=O)Nc1noc2cc(Cn3ncc4c3CNC4)cc(OC)c12. The minimum Gasteiger partial charge on any atom is -0.496 e. The smallest absolute Gasteiger partial charge is 0.193 e. The summed E-state index contributed by atoms with van der Waals surface area (Å²) < 4.78 is 34.2. The van der Waals surface area contributed by atoms with Crippen LogP contribution in [-0.4, -0.2) is 33.4 Å². The monoisotopic (exact) mass is 439 g/mol. The Hall–Kier alpha value is -3.37. The summed E-state index contributed by atoms with van der Waals surface area (Å²) in [6.45, 7) is 2.23. The molecular formula is C21H21N5O4S. The molecule has 1 unspecified atom stereocenters. The van der Waals surface area contributed by atoms with Crippen molar-refractivity contribution in [2.45, 2.75) is 24.5 Å². The highest BCUT2D eigenvalue weighted by atomic mass is 32.2. The maximum atomic E-state index is 12.9. The van der Waals surface area contributed by atoms with Gasteiger partial charge >= 0.3 is 0 Å². The minimum atomic E-state index is -1.60. The molecule has 1 aliphatic heterocycles. The average Bonchev–Trinajstić information content (AvgIpc) is 3.51. The van der Waals surface area contributed by atoms with Crippen molar-refractivity contribution in [1.82, 2.24) is 20.3 Å². The lowest BCUT2D eigenvalue weighted by Crippen LogP contribution is -2.10. The number of para-hydroxylation sites is 1. The first-order chi connectivity index (χ1) is 15.2. The van der Waals surface area contributed by atoms with Crippen LogP contribution in [0.25, 0.3) is 11.0 Å². The van der Waals surface area contributed by atoms with E-state index in [0.29, 0.717) is 39.7 Å². The molecule has 5 rings (SSSR count). The van der Waals surface area contributed by atoms with E-state index in [4.69, 9.17) is 14.0 Å². The van der Waals surface area contributed by atoms with Gasteiger partial charge in [-0.05, 0) is 29.8 Å². The van der Waals surface area contributed by atoms with E-state index in [-0.39, 0.29) is 0 Å². The fraction of sp³-hybridized carbons (Fsp3) is 0.238. The molecule has 160 valence electrons. The van der Waals surface area contributed by atoms with Gasteiger partial charge in [-0.25, -0.2) is 4.21 Å². The van der Waals surface area contributed by atoms with E-state index in [1.54, 1.807) is 25.3 Å². The predicted molar refractivity (Wildman–Crippen MR) is 115 cm³/mol. The molecule has 0 saturated carbocycles. The van der Waals surface area contributed by atoms with Crippen LogP contribution in [0, 0.1) is 0 Å². The predicted octanol–water partition coefficient (Wildman–Crippen LogP) is 2.83. The second kappa shape index (κ2) is 8.05. The Labute approximate surface area is 180 Å². The average molecular weight is 439 g/mol. The quantitative estimate of drug-likeness (QED) is 0.456. The lowest BCUT2D eigenvalue weighted by molar-refractivity contribution is 0.404. The van der Waals surface area contributed by atoms with Crippen LogP contribution in [0.3, 0.4) is 0 Å². The lowest BCUT2D eigenvalue weighted by Gasteiger charge is -2.10. The van der Waals surface area contributed by atoms with Crippen LogP contribution in [0.15, 0.2) is 52.0 Å². The summed E-state index contributed by atoms with van der Waals surface area (Å²) in [5.74, 6) is 1.44. The second-order valence-electron chi connectivity index (χ2n) is 7.10. The maximum Gasteiger partial charge on any atom is 0.193 e. The van der Waals surface area contributed by atoms with Gasteiger partial charge < -0.3 is 19.3 Å². The summed E-state index contributed by atoms with van der Waals surface area (Å²) in [5.41, 5.74) is 3.91. The van der Waals surface area contributed by atoms with Gasteiger partial charge in [-0.3, -0.25) is 9.40 Å². The van der Waals surface area contributed by atoms with E-state index in [0.717, 1.165) is 18.7 Å². The molecule has 4 aromatic rings. The second-order valence-corrected chi connectivity index (χ2v) is 8.28. The molecule has 31 heavy (non-hydrogen) atoms. The number of hydrogen-bond acceptors (Lipinski definition) is 7. The largest absolute Gasteiger partial charge is 0.496 e. The number of methoxy groups -OCH3 is 2. The molecule has 2 aromatic carbocycles. The van der Waals surface area contributed by atoms with E-state index in [2.05, 4.69) is 20.3 Å². The van der Waals surface area contributed by atoms with Gasteiger partial charge in [0, 0.05) is 18.7 Å². The van der Waals surface area contributed by atoms with Crippen LogP contribution in [0.1, 0.15) is 16.8 Å². The van der Waals surface area contributed by atoms with Crippen molar-refractivity contribution >= 4 is 27.8 Å². The molecule has 0 spiro atoms. The van der Waals surface area contributed by atoms with Gasteiger partial charge in [0.1, 0.15) is 21.8 Å². The molecule has 10 heteroatoms. The third-order valence-corrected chi connectivity index (χ3v) is 6.37. The van der Waals surface area contributed by atoms with Crippen molar-refractivity contribution in [1.29, 1.82) is 0 Å². The minimum absolute atomic E-state index is 0.340. The van der Waals surface area contributed by atoms with Crippen molar-refractivity contribution in [2.75, 3.05) is 18.9 Å². The van der Waals surface area contributed by atoms with Crippen LogP contribution in [0.5, 0.6) is 11.5 Å². The molecule has 0 bridgehead atoms. The van der Waals surface area contributed by atoms with Crippen molar-refractivity contribution in [2.24, 2.45) is 0 Å². The van der Waals surface area contributed by atoms with Crippen LogP contribution in [0.2, 0.25) is 0 Å². The van der Waals surface area contributed by atoms with Crippen LogP contribution in [-0.2, 0) is 30.6 Å². The number of nitrogens with one attached hydrogen (secondary N) is 2.